The summed E-state index contributed by atoms with van der Waals surface area (Å²) in [5.74, 6) is 1.88. The van der Waals surface area contributed by atoms with Gasteiger partial charge in [0.2, 0.25) is 0 Å². The molecule has 2 unspecified atom stereocenters. The first kappa shape index (κ1) is 19.3. The minimum absolute atomic E-state index is 0.0395. The number of fused-ring (bicyclic) bond motifs is 2. The molecule has 0 radical (unpaired) electrons. The van der Waals surface area contributed by atoms with E-state index in [1.165, 1.54) is 36.1 Å². The predicted octanol–water partition coefficient (Wildman–Crippen LogP) is 2.43. The molecule has 2 N–H and O–H groups in total. The van der Waals surface area contributed by atoms with Crippen LogP contribution in [0.5, 0.6) is 5.75 Å². The van der Waals surface area contributed by atoms with Gasteiger partial charge in [0.05, 0.1) is 0 Å². The summed E-state index contributed by atoms with van der Waals surface area (Å²) in [5.41, 5.74) is 3.40. The molecule has 2 heterocycles. The van der Waals surface area contributed by atoms with Crippen LogP contribution < -0.4 is 4.74 Å². The maximum Gasteiger partial charge on any atom is 0.138 e. The number of benzene rings is 1. The highest BCUT2D eigenvalue weighted by Gasteiger charge is 2.83. The van der Waals surface area contributed by atoms with Crippen LogP contribution in [-0.2, 0) is 16.6 Å². The van der Waals surface area contributed by atoms with Crippen molar-refractivity contribution in [3.63, 3.8) is 0 Å². The number of aliphatic hydroxyl groups is 2. The molecule has 0 amide bonds. The third-order valence-corrected chi connectivity index (χ3v) is 10.8. The highest BCUT2D eigenvalue weighted by Crippen LogP contribution is 2.77. The Labute approximate surface area is 184 Å². The molecule has 2 spiro atoms. The smallest absolute Gasteiger partial charge is 0.138 e. The van der Waals surface area contributed by atoms with Gasteiger partial charge in [0, 0.05) is 55.2 Å². The van der Waals surface area contributed by atoms with Crippen LogP contribution in [0.4, 0.5) is 0 Å². The fourth-order valence-electron chi connectivity index (χ4n) is 9.54. The van der Waals surface area contributed by atoms with E-state index in [-0.39, 0.29) is 42.0 Å². The summed E-state index contributed by atoms with van der Waals surface area (Å²) in [5, 5.41) is 21.5. The van der Waals surface area contributed by atoms with Crippen LogP contribution in [0.1, 0.15) is 48.8 Å². The second kappa shape index (κ2) is 6.05. The molecule has 5 heteroatoms. The SMILES string of the molecule is COC12CCC3([C@@H](CO)[C@@H]1CO)[C@H]1Cc4ccc(C)c5c4[C@@]3(CCN1CC1CC1)[C@H]2O5. The van der Waals surface area contributed by atoms with E-state index < -0.39 is 5.60 Å². The van der Waals surface area contributed by atoms with Crippen molar-refractivity contribution >= 4 is 0 Å². The van der Waals surface area contributed by atoms with E-state index in [4.69, 9.17) is 9.47 Å². The third-order valence-electron chi connectivity index (χ3n) is 10.8. The van der Waals surface area contributed by atoms with E-state index in [9.17, 15) is 10.2 Å². The topological polar surface area (TPSA) is 62.2 Å². The first-order valence-corrected chi connectivity index (χ1v) is 12.4. The largest absolute Gasteiger partial charge is 0.486 e. The van der Waals surface area contributed by atoms with Gasteiger partial charge in [-0.15, -0.1) is 0 Å². The minimum atomic E-state index is -0.535. The molecule has 31 heavy (non-hydrogen) atoms. The fraction of sp³-hybridized carbons (Fsp3) is 0.769. The van der Waals surface area contributed by atoms with Crippen molar-refractivity contribution in [3.8, 4) is 5.75 Å². The van der Waals surface area contributed by atoms with Gasteiger partial charge in [-0.2, -0.15) is 0 Å². The molecule has 1 aromatic carbocycles. The molecule has 2 aliphatic heterocycles. The number of ether oxygens (including phenoxy) is 2. The molecular weight excluding hydrogens is 390 g/mol. The molecule has 0 aromatic heterocycles. The van der Waals surface area contributed by atoms with Crippen LogP contribution >= 0.6 is 0 Å². The van der Waals surface area contributed by atoms with Crippen molar-refractivity contribution in [3.05, 3.63) is 28.8 Å². The van der Waals surface area contributed by atoms with Crippen LogP contribution in [0.15, 0.2) is 12.1 Å². The first-order chi connectivity index (χ1) is 15.1. The third kappa shape index (κ3) is 1.93. The number of rotatable bonds is 5. The molecule has 7 atom stereocenters. The summed E-state index contributed by atoms with van der Waals surface area (Å²) in [4.78, 5) is 2.78. The molecule has 4 bridgehead atoms. The molecule has 4 saturated carbocycles. The van der Waals surface area contributed by atoms with Crippen LogP contribution in [0, 0.1) is 30.1 Å². The van der Waals surface area contributed by atoms with Crippen LogP contribution in [-0.4, -0.2) is 66.3 Å². The average molecular weight is 426 g/mol. The van der Waals surface area contributed by atoms with Crippen molar-refractivity contribution in [2.75, 3.05) is 33.4 Å². The summed E-state index contributed by atoms with van der Waals surface area (Å²) in [6.45, 7) is 4.64. The number of hydrogen-bond acceptors (Lipinski definition) is 5. The quantitative estimate of drug-likeness (QED) is 0.759. The first-order valence-electron chi connectivity index (χ1n) is 12.4. The number of piperidine rings is 1. The summed E-state index contributed by atoms with van der Waals surface area (Å²) in [6.07, 6.45) is 6.74. The molecule has 5 nitrogen and oxygen atoms in total. The fourth-order valence-corrected chi connectivity index (χ4v) is 9.54. The highest BCUT2D eigenvalue weighted by atomic mass is 16.6. The number of likely N-dealkylation sites (tertiary alicyclic amines) is 1. The molecule has 7 aliphatic rings. The number of aryl methyl sites for hydroxylation is 1. The zero-order chi connectivity index (χ0) is 21.2. The Morgan fingerprint density at radius 2 is 1.94 bits per heavy atom. The zero-order valence-electron chi connectivity index (χ0n) is 18.8. The Morgan fingerprint density at radius 3 is 2.65 bits per heavy atom. The molecule has 1 saturated heterocycles. The van der Waals surface area contributed by atoms with E-state index in [1.54, 1.807) is 7.11 Å². The number of aliphatic hydroxyl groups excluding tert-OH is 2. The van der Waals surface area contributed by atoms with E-state index in [0.29, 0.717) is 6.04 Å². The van der Waals surface area contributed by atoms with Gasteiger partial charge in [-0.25, -0.2) is 0 Å². The van der Waals surface area contributed by atoms with E-state index >= 15 is 0 Å². The summed E-state index contributed by atoms with van der Waals surface area (Å²) < 4.78 is 13.3. The Hall–Kier alpha value is -1.14. The Morgan fingerprint density at radius 1 is 1.13 bits per heavy atom. The monoisotopic (exact) mass is 425 g/mol. The lowest BCUT2D eigenvalue weighted by atomic mass is 9.32. The van der Waals surface area contributed by atoms with Crippen molar-refractivity contribution in [1.82, 2.24) is 4.90 Å². The predicted molar refractivity (Wildman–Crippen MR) is 116 cm³/mol. The second-order valence-corrected chi connectivity index (χ2v) is 11.4. The Bertz CT molecular complexity index is 946. The van der Waals surface area contributed by atoms with Gasteiger partial charge in [0.15, 0.2) is 0 Å². The van der Waals surface area contributed by atoms with Gasteiger partial charge >= 0.3 is 0 Å². The number of hydrogen-bond donors (Lipinski definition) is 2. The average Bonchev–Trinajstić information content (AvgIpc) is 3.53. The van der Waals surface area contributed by atoms with E-state index in [2.05, 4.69) is 24.0 Å². The Balaban J connectivity index is 1.52. The van der Waals surface area contributed by atoms with Crippen molar-refractivity contribution in [2.45, 2.75) is 68.6 Å². The molecule has 5 aliphatic carbocycles. The lowest BCUT2D eigenvalue weighted by Crippen LogP contribution is -2.84. The van der Waals surface area contributed by atoms with Gasteiger partial charge in [-0.3, -0.25) is 4.90 Å². The number of methoxy groups -OCH3 is 1. The van der Waals surface area contributed by atoms with Crippen molar-refractivity contribution in [1.29, 1.82) is 0 Å². The Kier molecular flexibility index (Phi) is 3.77. The van der Waals surface area contributed by atoms with Gasteiger partial charge in [0.25, 0.3) is 0 Å². The van der Waals surface area contributed by atoms with E-state index in [0.717, 1.165) is 43.9 Å². The van der Waals surface area contributed by atoms with Gasteiger partial charge in [-0.1, -0.05) is 12.1 Å². The van der Waals surface area contributed by atoms with Crippen LogP contribution in [0.3, 0.4) is 0 Å². The lowest BCUT2D eigenvalue weighted by Gasteiger charge is -2.76. The van der Waals surface area contributed by atoms with Crippen molar-refractivity contribution < 1.29 is 19.7 Å². The van der Waals surface area contributed by atoms with Gasteiger partial charge < -0.3 is 19.7 Å². The number of nitrogens with zero attached hydrogens (tertiary/aromatic N) is 1. The molecule has 168 valence electrons. The maximum absolute atomic E-state index is 10.9. The summed E-state index contributed by atoms with van der Waals surface area (Å²) in [6, 6.07) is 4.99. The minimum Gasteiger partial charge on any atom is -0.486 e. The normalized spacial score (nSPS) is 46.7. The highest BCUT2D eigenvalue weighted by molar-refractivity contribution is 5.61. The molecule has 1 aromatic rings. The van der Waals surface area contributed by atoms with E-state index in [1.807, 2.05) is 0 Å². The maximum atomic E-state index is 10.9. The van der Waals surface area contributed by atoms with Gasteiger partial charge in [0.1, 0.15) is 17.5 Å². The standard InChI is InChI=1S/C26H35NO4/c1-15-3-6-17-11-20-24-7-8-26(30-2,19(14-29)18(24)13-28)23-25(24,21(17)22(15)31-23)9-10-27(20)12-16-4-5-16/h3,6,16,18-20,23,28-29H,4-5,7-14H2,1-2H3/t18-,19-,20+,23+,24?,25-,26?/m0/s1. The zero-order valence-corrected chi connectivity index (χ0v) is 18.8. The summed E-state index contributed by atoms with van der Waals surface area (Å²) >= 11 is 0. The van der Waals surface area contributed by atoms with Crippen LogP contribution in [0.2, 0.25) is 0 Å². The van der Waals surface area contributed by atoms with Crippen LogP contribution in [0.25, 0.3) is 0 Å². The second-order valence-electron chi connectivity index (χ2n) is 11.4. The summed E-state index contributed by atoms with van der Waals surface area (Å²) in [7, 11) is 1.80. The molecular formula is C26H35NO4. The molecule has 8 rings (SSSR count). The lowest BCUT2D eigenvalue weighted by molar-refractivity contribution is -0.313. The van der Waals surface area contributed by atoms with Gasteiger partial charge in [-0.05, 0) is 75.0 Å². The molecule has 5 fully saturated rings. The van der Waals surface area contributed by atoms with Crippen molar-refractivity contribution in [2.24, 2.45) is 23.2 Å².